The first-order valence-corrected chi connectivity index (χ1v) is 10.3. The van der Waals surface area contributed by atoms with Gasteiger partial charge in [0.2, 0.25) is 0 Å². The molecule has 0 saturated carbocycles. The molecule has 0 radical (unpaired) electrons. The Hall–Kier alpha value is -1.95. The first-order chi connectivity index (χ1) is 13.2. The second-order valence-electron chi connectivity index (χ2n) is 7.76. The van der Waals surface area contributed by atoms with E-state index in [2.05, 4.69) is 28.1 Å². The topological polar surface area (TPSA) is 48.1 Å². The second-order valence-corrected chi connectivity index (χ2v) is 7.76. The number of methoxy groups -OCH3 is 1. The van der Waals surface area contributed by atoms with Crippen LogP contribution in [0.25, 0.3) is 0 Å². The van der Waals surface area contributed by atoms with Crippen molar-refractivity contribution in [2.24, 2.45) is 5.92 Å². The van der Waals surface area contributed by atoms with Crippen LogP contribution in [0.3, 0.4) is 0 Å². The number of likely N-dealkylation sites (tertiary alicyclic amines) is 1. The van der Waals surface area contributed by atoms with E-state index in [1.54, 1.807) is 7.11 Å². The van der Waals surface area contributed by atoms with Crippen molar-refractivity contribution in [3.05, 3.63) is 24.3 Å². The number of hydrogen-bond acceptors (Lipinski definition) is 4. The van der Waals surface area contributed by atoms with Gasteiger partial charge in [0.05, 0.1) is 12.8 Å². The van der Waals surface area contributed by atoms with Crippen LogP contribution in [0.15, 0.2) is 24.3 Å². The minimum Gasteiger partial charge on any atom is -0.495 e. The van der Waals surface area contributed by atoms with E-state index < -0.39 is 0 Å². The Morgan fingerprint density at radius 3 is 2.52 bits per heavy atom. The average Bonchev–Trinajstić information content (AvgIpc) is 2.72. The molecule has 0 aromatic heterocycles. The number of nitrogens with one attached hydrogen (secondary N) is 1. The quantitative estimate of drug-likeness (QED) is 0.778. The van der Waals surface area contributed by atoms with E-state index in [0.29, 0.717) is 0 Å². The molecule has 2 saturated heterocycles. The summed E-state index contributed by atoms with van der Waals surface area (Å²) in [5.41, 5.74) is 1.11. The zero-order valence-corrected chi connectivity index (χ0v) is 16.8. The standard InChI is InChI=1S/C21H34N4O2/c1-18-8-12-23(13-9-18)11-5-10-22-21(26)25-16-14-24(15-17-25)19-6-3-4-7-20(19)27-2/h3-4,6-7,18H,5,8-17H2,1-2H3,(H,22,26). The Morgan fingerprint density at radius 1 is 1.11 bits per heavy atom. The van der Waals surface area contributed by atoms with E-state index in [-0.39, 0.29) is 6.03 Å². The number of urea groups is 1. The Morgan fingerprint density at radius 2 is 1.81 bits per heavy atom. The zero-order chi connectivity index (χ0) is 19.1. The van der Waals surface area contributed by atoms with Gasteiger partial charge in [-0.1, -0.05) is 19.1 Å². The number of piperidine rings is 1. The molecule has 1 N–H and O–H groups in total. The number of amides is 2. The number of para-hydroxylation sites is 2. The number of hydrogen-bond donors (Lipinski definition) is 1. The van der Waals surface area contributed by atoms with Crippen LogP contribution in [0, 0.1) is 5.92 Å². The molecule has 0 spiro atoms. The lowest BCUT2D eigenvalue weighted by Gasteiger charge is -2.36. The maximum Gasteiger partial charge on any atom is 0.317 e. The van der Waals surface area contributed by atoms with Crippen LogP contribution >= 0.6 is 0 Å². The van der Waals surface area contributed by atoms with Gasteiger partial charge in [-0.25, -0.2) is 4.79 Å². The molecule has 150 valence electrons. The van der Waals surface area contributed by atoms with Crippen molar-refractivity contribution in [1.82, 2.24) is 15.1 Å². The summed E-state index contributed by atoms with van der Waals surface area (Å²) in [6.07, 6.45) is 3.65. The maximum absolute atomic E-state index is 12.4. The van der Waals surface area contributed by atoms with Gasteiger partial charge in [0.25, 0.3) is 0 Å². The first-order valence-electron chi connectivity index (χ1n) is 10.3. The third-order valence-corrected chi connectivity index (χ3v) is 5.80. The van der Waals surface area contributed by atoms with Gasteiger partial charge in [0.1, 0.15) is 5.75 Å². The molecule has 2 amide bonds. The summed E-state index contributed by atoms with van der Waals surface area (Å²) in [5.74, 6) is 1.76. The minimum atomic E-state index is 0.0712. The summed E-state index contributed by atoms with van der Waals surface area (Å²) < 4.78 is 5.46. The summed E-state index contributed by atoms with van der Waals surface area (Å²) in [6, 6.07) is 8.14. The van der Waals surface area contributed by atoms with Crippen LogP contribution in [-0.4, -0.2) is 75.3 Å². The van der Waals surface area contributed by atoms with Gasteiger partial charge in [0, 0.05) is 32.7 Å². The minimum absolute atomic E-state index is 0.0712. The normalized spacial score (nSPS) is 19.2. The summed E-state index contributed by atoms with van der Waals surface area (Å²) in [6.45, 7) is 9.76. The molecule has 2 aliphatic heterocycles. The van der Waals surface area contributed by atoms with Gasteiger partial charge < -0.3 is 24.8 Å². The van der Waals surface area contributed by atoms with Crippen molar-refractivity contribution >= 4 is 11.7 Å². The van der Waals surface area contributed by atoms with Crippen LogP contribution in [-0.2, 0) is 0 Å². The van der Waals surface area contributed by atoms with Gasteiger partial charge in [-0.2, -0.15) is 0 Å². The van der Waals surface area contributed by atoms with Crippen molar-refractivity contribution in [2.75, 3.05) is 64.4 Å². The van der Waals surface area contributed by atoms with Crippen LogP contribution in [0.1, 0.15) is 26.2 Å². The van der Waals surface area contributed by atoms with Crippen molar-refractivity contribution in [1.29, 1.82) is 0 Å². The predicted molar refractivity (Wildman–Crippen MR) is 110 cm³/mol. The Balaban J connectivity index is 1.35. The van der Waals surface area contributed by atoms with Crippen molar-refractivity contribution in [3.8, 4) is 5.75 Å². The molecule has 2 fully saturated rings. The zero-order valence-electron chi connectivity index (χ0n) is 16.8. The second kappa shape index (κ2) is 9.83. The SMILES string of the molecule is COc1ccccc1N1CCN(C(=O)NCCCN2CCC(C)CC2)CC1. The Bertz CT molecular complexity index is 594. The summed E-state index contributed by atoms with van der Waals surface area (Å²) in [4.78, 5) is 19.2. The molecule has 6 nitrogen and oxygen atoms in total. The smallest absolute Gasteiger partial charge is 0.317 e. The molecule has 3 rings (SSSR count). The molecule has 6 heteroatoms. The Kier molecular flexibility index (Phi) is 7.21. The lowest BCUT2D eigenvalue weighted by molar-refractivity contribution is 0.184. The summed E-state index contributed by atoms with van der Waals surface area (Å²) in [5, 5.41) is 3.10. The van der Waals surface area contributed by atoms with Crippen molar-refractivity contribution in [2.45, 2.75) is 26.2 Å². The highest BCUT2D eigenvalue weighted by atomic mass is 16.5. The average molecular weight is 375 g/mol. The van der Waals surface area contributed by atoms with Crippen molar-refractivity contribution < 1.29 is 9.53 Å². The number of rotatable bonds is 6. The van der Waals surface area contributed by atoms with E-state index in [1.807, 2.05) is 23.1 Å². The number of carbonyl (C=O) groups excluding carboxylic acids is 1. The monoisotopic (exact) mass is 374 g/mol. The van der Waals surface area contributed by atoms with E-state index in [9.17, 15) is 4.79 Å². The molecule has 0 aliphatic carbocycles. The van der Waals surface area contributed by atoms with E-state index in [1.165, 1.54) is 25.9 Å². The molecule has 0 atom stereocenters. The highest BCUT2D eigenvalue weighted by molar-refractivity contribution is 5.74. The van der Waals surface area contributed by atoms with Crippen LogP contribution in [0.4, 0.5) is 10.5 Å². The number of benzene rings is 1. The molecular formula is C21H34N4O2. The fraction of sp³-hybridized carbons (Fsp3) is 0.667. The number of ether oxygens (including phenoxy) is 1. The summed E-state index contributed by atoms with van der Waals surface area (Å²) >= 11 is 0. The third kappa shape index (κ3) is 5.51. The lowest BCUT2D eigenvalue weighted by atomic mass is 9.99. The largest absolute Gasteiger partial charge is 0.495 e. The third-order valence-electron chi connectivity index (χ3n) is 5.80. The lowest BCUT2D eigenvalue weighted by Crippen LogP contribution is -2.52. The summed E-state index contributed by atoms with van der Waals surface area (Å²) in [7, 11) is 1.70. The van der Waals surface area contributed by atoms with Gasteiger partial charge in [-0.3, -0.25) is 0 Å². The number of nitrogens with zero attached hydrogens (tertiary/aromatic N) is 3. The fourth-order valence-electron chi connectivity index (χ4n) is 3.94. The highest BCUT2D eigenvalue weighted by Gasteiger charge is 2.22. The van der Waals surface area contributed by atoms with Gasteiger partial charge in [-0.05, 0) is 56.9 Å². The number of carbonyl (C=O) groups is 1. The molecule has 2 aliphatic rings. The van der Waals surface area contributed by atoms with E-state index in [4.69, 9.17) is 4.74 Å². The van der Waals surface area contributed by atoms with Gasteiger partial charge in [0.15, 0.2) is 0 Å². The molecule has 0 bridgehead atoms. The molecule has 27 heavy (non-hydrogen) atoms. The predicted octanol–water partition coefficient (Wildman–Crippen LogP) is 2.65. The number of piperazine rings is 1. The fourth-order valence-corrected chi connectivity index (χ4v) is 3.94. The molecule has 1 aromatic rings. The Labute approximate surface area is 163 Å². The first kappa shape index (κ1) is 19.8. The molecule has 1 aromatic carbocycles. The highest BCUT2D eigenvalue weighted by Crippen LogP contribution is 2.28. The van der Waals surface area contributed by atoms with Gasteiger partial charge in [-0.15, -0.1) is 0 Å². The number of anilines is 1. The molecular weight excluding hydrogens is 340 g/mol. The van der Waals surface area contributed by atoms with E-state index in [0.717, 1.165) is 63.0 Å². The van der Waals surface area contributed by atoms with Crippen LogP contribution in [0.2, 0.25) is 0 Å². The van der Waals surface area contributed by atoms with Crippen LogP contribution in [0.5, 0.6) is 5.75 Å². The van der Waals surface area contributed by atoms with Crippen LogP contribution < -0.4 is 15.0 Å². The van der Waals surface area contributed by atoms with E-state index >= 15 is 0 Å². The maximum atomic E-state index is 12.4. The van der Waals surface area contributed by atoms with Crippen molar-refractivity contribution in [3.63, 3.8) is 0 Å². The molecule has 0 unspecified atom stereocenters. The van der Waals surface area contributed by atoms with Gasteiger partial charge >= 0.3 is 6.03 Å². The molecule has 2 heterocycles.